The van der Waals surface area contributed by atoms with Crippen molar-refractivity contribution in [1.29, 1.82) is 0 Å². The molecule has 3 aliphatic heterocycles. The molecule has 3 N–H and O–H groups in total. The van der Waals surface area contributed by atoms with Crippen molar-refractivity contribution in [3.05, 3.63) is 54.6 Å². The summed E-state index contributed by atoms with van der Waals surface area (Å²) in [5, 5.41) is 23.7. The van der Waals surface area contributed by atoms with E-state index in [2.05, 4.69) is 20.9 Å². The fourth-order valence-corrected chi connectivity index (χ4v) is 6.95. The van der Waals surface area contributed by atoms with Crippen molar-refractivity contribution in [3.8, 4) is 0 Å². The van der Waals surface area contributed by atoms with E-state index >= 15 is 0 Å². The minimum Gasteiger partial charge on any atom is -0.396 e. The number of nitrogens with one attached hydrogen (secondary N) is 2. The van der Waals surface area contributed by atoms with Crippen LogP contribution in [0.3, 0.4) is 0 Å². The second-order valence-electron chi connectivity index (χ2n) is 10.9. The molecular weight excluding hydrogens is 500 g/mol. The van der Waals surface area contributed by atoms with E-state index < -0.39 is 29.1 Å². The molecule has 1 spiro atoms. The summed E-state index contributed by atoms with van der Waals surface area (Å²) in [6, 6.07) is 15.6. The second-order valence-corrected chi connectivity index (χ2v) is 10.9. The van der Waals surface area contributed by atoms with Crippen LogP contribution in [0.2, 0.25) is 0 Å². The fourth-order valence-electron chi connectivity index (χ4n) is 6.95. The summed E-state index contributed by atoms with van der Waals surface area (Å²) in [5.74, 6) is -2.64. The van der Waals surface area contributed by atoms with Gasteiger partial charge in [-0.1, -0.05) is 42.5 Å². The van der Waals surface area contributed by atoms with Gasteiger partial charge in [-0.25, -0.2) is 4.68 Å². The Labute approximate surface area is 225 Å². The van der Waals surface area contributed by atoms with Gasteiger partial charge in [0.1, 0.15) is 23.8 Å². The molecule has 11 nitrogen and oxygen atoms in total. The van der Waals surface area contributed by atoms with E-state index in [4.69, 9.17) is 4.74 Å². The van der Waals surface area contributed by atoms with E-state index in [0.29, 0.717) is 24.0 Å². The lowest BCUT2D eigenvalue weighted by atomic mass is 9.62. The Balaban J connectivity index is 1.32. The molecule has 0 saturated carbocycles. The Kier molecular flexibility index (Phi) is 6.15. The van der Waals surface area contributed by atoms with Crippen LogP contribution in [0.4, 0.5) is 5.69 Å². The number of rotatable bonds is 8. The monoisotopic (exact) mass is 532 g/mol. The first-order chi connectivity index (χ1) is 18.8. The molecule has 1 aromatic heterocycles. The average Bonchev–Trinajstić information content (AvgIpc) is 3.60. The maximum atomic E-state index is 14.0. The molecule has 3 fully saturated rings. The van der Waals surface area contributed by atoms with Gasteiger partial charge in [0, 0.05) is 18.8 Å². The molecular formula is C28H32N6O5. The molecule has 0 aliphatic carbocycles. The van der Waals surface area contributed by atoms with Crippen LogP contribution >= 0.6 is 0 Å². The van der Waals surface area contributed by atoms with Crippen LogP contribution in [0, 0.1) is 17.8 Å². The molecule has 2 aromatic carbocycles. The van der Waals surface area contributed by atoms with Crippen LogP contribution in [-0.2, 0) is 25.8 Å². The predicted molar refractivity (Wildman–Crippen MR) is 141 cm³/mol. The van der Waals surface area contributed by atoms with Gasteiger partial charge >= 0.3 is 0 Å². The molecule has 0 radical (unpaired) electrons. The first kappa shape index (κ1) is 25.4. The van der Waals surface area contributed by atoms with E-state index in [-0.39, 0.29) is 43.5 Å². The van der Waals surface area contributed by atoms with Crippen LogP contribution in [0.1, 0.15) is 26.7 Å². The molecule has 3 amide bonds. The number of aliphatic hydroxyl groups is 1. The van der Waals surface area contributed by atoms with Crippen LogP contribution in [0.5, 0.6) is 0 Å². The number of carbonyl (C=O) groups excluding carboxylic acids is 3. The number of hydrogen-bond donors (Lipinski definition) is 3. The van der Waals surface area contributed by atoms with Gasteiger partial charge in [-0.3, -0.25) is 14.4 Å². The maximum Gasteiger partial charge on any atom is 0.247 e. The minimum atomic E-state index is -1.16. The number of nitrogens with zero attached hydrogens (tertiary/aromatic N) is 4. The highest BCUT2D eigenvalue weighted by Crippen LogP contribution is 2.65. The summed E-state index contributed by atoms with van der Waals surface area (Å²) in [4.78, 5) is 43.1. The molecule has 6 rings (SSSR count). The van der Waals surface area contributed by atoms with Gasteiger partial charge in [-0.2, -0.15) is 0 Å². The highest BCUT2D eigenvalue weighted by molar-refractivity contribution is 6.02. The zero-order chi connectivity index (χ0) is 27.4. The van der Waals surface area contributed by atoms with Crippen molar-refractivity contribution in [2.45, 2.75) is 50.6 Å². The number of ether oxygens (including phenoxy) is 1. The number of hydrogen-bond acceptors (Lipinski definition) is 7. The van der Waals surface area contributed by atoms with Gasteiger partial charge in [0.05, 0.1) is 23.0 Å². The molecule has 204 valence electrons. The lowest BCUT2D eigenvalue weighted by Crippen LogP contribution is -2.56. The molecule has 4 heterocycles. The third-order valence-electron chi connectivity index (χ3n) is 8.77. The Hall–Kier alpha value is -3.83. The Morgan fingerprint density at radius 1 is 1.13 bits per heavy atom. The number of benzene rings is 2. The van der Waals surface area contributed by atoms with Crippen molar-refractivity contribution in [1.82, 2.24) is 25.2 Å². The van der Waals surface area contributed by atoms with E-state index in [1.807, 2.05) is 56.3 Å². The van der Waals surface area contributed by atoms with Crippen molar-refractivity contribution < 1.29 is 24.2 Å². The van der Waals surface area contributed by atoms with Crippen molar-refractivity contribution in [3.63, 3.8) is 0 Å². The summed E-state index contributed by atoms with van der Waals surface area (Å²) in [6.07, 6.45) is 0.773. The third kappa shape index (κ3) is 3.82. The van der Waals surface area contributed by atoms with Crippen LogP contribution in [0.15, 0.2) is 54.6 Å². The number of carbonyl (C=O) groups is 3. The second kappa shape index (κ2) is 9.42. The Morgan fingerprint density at radius 2 is 1.87 bits per heavy atom. The quantitative estimate of drug-likeness (QED) is 0.400. The number of likely N-dealkylation sites (tertiary alicyclic amines) is 1. The van der Waals surface area contributed by atoms with Gasteiger partial charge in [-0.05, 0) is 49.9 Å². The maximum absolute atomic E-state index is 14.0. The summed E-state index contributed by atoms with van der Waals surface area (Å²) >= 11 is 0. The molecule has 3 aliphatic rings. The summed E-state index contributed by atoms with van der Waals surface area (Å²) in [7, 11) is 0. The average molecular weight is 533 g/mol. The molecule has 3 unspecified atom stereocenters. The number of amides is 3. The molecule has 3 saturated heterocycles. The lowest BCUT2D eigenvalue weighted by Gasteiger charge is -2.36. The van der Waals surface area contributed by atoms with Crippen molar-refractivity contribution in [2.75, 3.05) is 18.5 Å². The SMILES string of the molecule is CC1CC23O[C@@]1(C)[C@H](C(=O)Nc1ccccc1)[C@H]2C(=O)N(CCCO)C3C(=O)NCn1nnc2ccccc21. The first-order valence-corrected chi connectivity index (χ1v) is 13.3. The van der Waals surface area contributed by atoms with Gasteiger partial charge < -0.3 is 25.4 Å². The Morgan fingerprint density at radius 3 is 2.64 bits per heavy atom. The first-order valence-electron chi connectivity index (χ1n) is 13.3. The predicted octanol–water partition coefficient (Wildman–Crippen LogP) is 1.54. The molecule has 6 atom stereocenters. The fraction of sp³-hybridized carbons (Fsp3) is 0.464. The van der Waals surface area contributed by atoms with Crippen LogP contribution in [-0.4, -0.2) is 73.1 Å². The van der Waals surface area contributed by atoms with E-state index in [0.717, 1.165) is 5.52 Å². The lowest BCUT2D eigenvalue weighted by molar-refractivity contribution is -0.146. The largest absolute Gasteiger partial charge is 0.396 e. The molecule has 3 aromatic rings. The van der Waals surface area contributed by atoms with Crippen LogP contribution < -0.4 is 10.6 Å². The topological polar surface area (TPSA) is 139 Å². The summed E-state index contributed by atoms with van der Waals surface area (Å²) < 4.78 is 8.28. The highest BCUT2D eigenvalue weighted by Gasteiger charge is 2.79. The standard InChI is InChI=1S/C28H32N6O5/c1-17-15-28-22(21(27(17,2)39-28)24(36)30-18-9-4-3-5-10-18)26(38)33(13-8-14-35)23(28)25(37)29-16-34-20-12-7-6-11-19(20)31-32-34/h3-7,9-12,17,21-23,35H,8,13-16H2,1-2H3,(H,29,37)(H,30,36)/t17?,21-,22-,23?,27+,28?/m0/s1. The highest BCUT2D eigenvalue weighted by atomic mass is 16.5. The van der Waals surface area contributed by atoms with Gasteiger partial charge in [-0.15, -0.1) is 5.10 Å². The zero-order valence-corrected chi connectivity index (χ0v) is 21.9. The molecule has 2 bridgehead atoms. The van der Waals surface area contributed by atoms with Gasteiger partial charge in [0.2, 0.25) is 17.7 Å². The minimum absolute atomic E-state index is 0.0589. The zero-order valence-electron chi connectivity index (χ0n) is 21.9. The number of aromatic nitrogens is 3. The van der Waals surface area contributed by atoms with Crippen molar-refractivity contribution >= 4 is 34.4 Å². The van der Waals surface area contributed by atoms with Gasteiger partial charge in [0.15, 0.2) is 0 Å². The summed E-state index contributed by atoms with van der Waals surface area (Å²) in [6.45, 7) is 3.99. The Bertz CT molecular complexity index is 1430. The van der Waals surface area contributed by atoms with Gasteiger partial charge in [0.25, 0.3) is 0 Å². The number of fused-ring (bicyclic) bond motifs is 2. The number of para-hydroxylation sites is 2. The van der Waals surface area contributed by atoms with Crippen molar-refractivity contribution in [2.24, 2.45) is 17.8 Å². The molecule has 11 heteroatoms. The summed E-state index contributed by atoms with van der Waals surface area (Å²) in [5.41, 5.74) is 0.0344. The van der Waals surface area contributed by atoms with E-state index in [9.17, 15) is 19.5 Å². The van der Waals surface area contributed by atoms with E-state index in [1.54, 1.807) is 16.8 Å². The number of aliphatic hydroxyl groups excluding tert-OH is 1. The van der Waals surface area contributed by atoms with Crippen LogP contribution in [0.25, 0.3) is 11.0 Å². The molecule has 39 heavy (non-hydrogen) atoms. The number of anilines is 1. The third-order valence-corrected chi connectivity index (χ3v) is 8.77. The smallest absolute Gasteiger partial charge is 0.247 e. The van der Waals surface area contributed by atoms with E-state index in [1.165, 1.54) is 4.90 Å². The normalized spacial score (nSPS) is 31.1.